The van der Waals surface area contributed by atoms with Crippen LogP contribution in [0, 0.1) is 0 Å². The lowest BCUT2D eigenvalue weighted by molar-refractivity contribution is -0.117. The molecule has 3 rings (SSSR count). The fourth-order valence-electron chi connectivity index (χ4n) is 2.50. The van der Waals surface area contributed by atoms with Crippen molar-refractivity contribution in [3.8, 4) is 5.69 Å². The number of anilines is 1. The average molecular weight is 308 g/mol. The molecule has 0 bridgehead atoms. The van der Waals surface area contributed by atoms with Gasteiger partial charge in [0, 0.05) is 25.4 Å². The average Bonchev–Trinajstić information content (AvgIpc) is 3.07. The Kier molecular flexibility index (Phi) is 3.29. The van der Waals surface area contributed by atoms with Gasteiger partial charge in [-0.05, 0) is 24.3 Å². The van der Waals surface area contributed by atoms with E-state index in [2.05, 4.69) is 0 Å². The van der Waals surface area contributed by atoms with Gasteiger partial charge in [-0.3, -0.25) is 4.79 Å². The van der Waals surface area contributed by atoms with Crippen molar-refractivity contribution in [1.82, 2.24) is 4.57 Å². The second-order valence-corrected chi connectivity index (χ2v) is 6.50. The van der Waals surface area contributed by atoms with E-state index < -0.39 is 15.5 Å². The molecule has 0 spiro atoms. The largest absolute Gasteiger partial charge is 0.322 e. The summed E-state index contributed by atoms with van der Waals surface area (Å²) in [7, 11) is -4.71. The molecule has 1 saturated heterocycles. The van der Waals surface area contributed by atoms with Crippen LogP contribution >= 0.6 is 0 Å². The summed E-state index contributed by atoms with van der Waals surface area (Å²) in [6, 6.07) is 10.8. The van der Waals surface area contributed by atoms with Gasteiger partial charge < -0.3 is 9.47 Å². The van der Waals surface area contributed by atoms with Crippen molar-refractivity contribution in [1.29, 1.82) is 0 Å². The lowest BCUT2D eigenvalue weighted by Gasteiger charge is -2.20. The molecule has 1 aromatic heterocycles. The third kappa shape index (κ3) is 2.56. The number of halogens is 1. The maximum absolute atomic E-state index is 13.1. The maximum atomic E-state index is 13.1. The van der Waals surface area contributed by atoms with E-state index >= 15 is 0 Å². The van der Waals surface area contributed by atoms with Gasteiger partial charge in [-0.1, -0.05) is 12.1 Å². The third-order valence-corrected chi connectivity index (χ3v) is 4.65. The molecule has 2 aromatic rings. The van der Waals surface area contributed by atoms with Crippen LogP contribution in [0.4, 0.5) is 9.57 Å². The predicted octanol–water partition coefficient (Wildman–Crippen LogP) is 1.88. The van der Waals surface area contributed by atoms with Crippen LogP contribution in [-0.4, -0.2) is 30.7 Å². The number of benzene rings is 1. The molecular formula is C14H13FN2O3S. The van der Waals surface area contributed by atoms with Crippen molar-refractivity contribution in [3.63, 3.8) is 0 Å². The number of carbonyl (C=O) groups is 1. The van der Waals surface area contributed by atoms with Crippen LogP contribution < -0.4 is 4.90 Å². The summed E-state index contributed by atoms with van der Waals surface area (Å²) >= 11 is 0. The van der Waals surface area contributed by atoms with E-state index in [9.17, 15) is 17.1 Å². The smallest absolute Gasteiger partial charge is 0.307 e. The monoisotopic (exact) mass is 308 g/mol. The number of amides is 1. The zero-order chi connectivity index (χ0) is 15.0. The van der Waals surface area contributed by atoms with Crippen LogP contribution in [0.15, 0.2) is 48.8 Å². The van der Waals surface area contributed by atoms with Crippen LogP contribution in [0.2, 0.25) is 0 Å². The molecular weight excluding hydrogens is 295 g/mol. The zero-order valence-electron chi connectivity index (χ0n) is 11.0. The fourth-order valence-corrected chi connectivity index (χ4v) is 3.17. The van der Waals surface area contributed by atoms with E-state index in [0.29, 0.717) is 5.69 Å². The van der Waals surface area contributed by atoms with Crippen LogP contribution in [-0.2, 0) is 15.0 Å². The first-order valence-corrected chi connectivity index (χ1v) is 7.87. The van der Waals surface area contributed by atoms with Gasteiger partial charge in [0.05, 0.1) is 11.4 Å². The molecule has 1 unspecified atom stereocenters. The first-order chi connectivity index (χ1) is 9.97. The van der Waals surface area contributed by atoms with Gasteiger partial charge in [0.25, 0.3) is 0 Å². The minimum atomic E-state index is -4.71. The Hall–Kier alpha value is -2.15. The van der Waals surface area contributed by atoms with Gasteiger partial charge in [0.1, 0.15) is 5.25 Å². The van der Waals surface area contributed by atoms with Gasteiger partial charge in [-0.25, -0.2) is 0 Å². The molecule has 1 aliphatic heterocycles. The minimum absolute atomic E-state index is 0.157. The number of carbonyl (C=O) groups excluding carboxylic acids is 1. The summed E-state index contributed by atoms with van der Waals surface area (Å²) in [4.78, 5) is 13.4. The molecule has 0 saturated carbocycles. The summed E-state index contributed by atoms with van der Waals surface area (Å²) in [6.07, 6.45) is 3.32. The molecule has 1 aliphatic rings. The van der Waals surface area contributed by atoms with Crippen molar-refractivity contribution >= 4 is 21.8 Å². The molecule has 7 heteroatoms. The first-order valence-electron chi connectivity index (χ1n) is 6.43. The summed E-state index contributed by atoms with van der Waals surface area (Å²) in [5, 5.41) is -1.29. The van der Waals surface area contributed by atoms with Crippen LogP contribution in [0.1, 0.15) is 6.42 Å². The number of nitrogens with zero attached hydrogens (tertiary/aromatic N) is 2. The van der Waals surface area contributed by atoms with Gasteiger partial charge >= 0.3 is 10.2 Å². The standard InChI is InChI=1S/C14H13FN2O3S/c15-21(19,20)11-9-14(18)17(10-11)13-6-2-1-5-12(13)16-7-3-4-8-16/h1-8,11H,9-10H2. The topological polar surface area (TPSA) is 59.4 Å². The molecule has 1 fully saturated rings. The molecule has 0 radical (unpaired) electrons. The SMILES string of the molecule is O=C1CC(S(=O)(=O)F)CN1c1ccccc1-n1cccc1. The van der Waals surface area contributed by atoms with E-state index in [1.165, 1.54) is 4.90 Å². The lowest BCUT2D eigenvalue weighted by atomic mass is 10.2. The number of aromatic nitrogens is 1. The van der Waals surface area contributed by atoms with Crippen LogP contribution in [0.5, 0.6) is 0 Å². The highest BCUT2D eigenvalue weighted by atomic mass is 32.3. The fraction of sp³-hybridized carbons (Fsp3) is 0.214. The van der Waals surface area contributed by atoms with Gasteiger partial charge in [-0.2, -0.15) is 8.42 Å². The number of hydrogen-bond acceptors (Lipinski definition) is 3. The lowest BCUT2D eigenvalue weighted by Crippen LogP contribution is -2.27. The highest BCUT2D eigenvalue weighted by Gasteiger charge is 2.39. The molecule has 0 aliphatic carbocycles. The quantitative estimate of drug-likeness (QED) is 0.814. The Morgan fingerprint density at radius 3 is 2.24 bits per heavy atom. The second-order valence-electron chi connectivity index (χ2n) is 4.89. The van der Waals surface area contributed by atoms with Crippen LogP contribution in [0.25, 0.3) is 5.69 Å². The Bertz CT molecular complexity index is 771. The third-order valence-electron chi connectivity index (χ3n) is 3.54. The molecule has 1 atom stereocenters. The Balaban J connectivity index is 2.01. The molecule has 0 N–H and O–H groups in total. The molecule has 21 heavy (non-hydrogen) atoms. The van der Waals surface area contributed by atoms with Gasteiger partial charge in [0.2, 0.25) is 5.91 Å². The number of hydrogen-bond donors (Lipinski definition) is 0. The summed E-state index contributed by atoms with van der Waals surface area (Å²) in [6.45, 7) is -0.157. The highest BCUT2D eigenvalue weighted by Crippen LogP contribution is 2.30. The van der Waals surface area contributed by atoms with Crippen molar-refractivity contribution in [2.75, 3.05) is 11.4 Å². The summed E-state index contributed by atoms with van der Waals surface area (Å²) in [5.41, 5.74) is 1.32. The van der Waals surface area contributed by atoms with Crippen LogP contribution in [0.3, 0.4) is 0 Å². The second kappa shape index (κ2) is 5.00. The van der Waals surface area contributed by atoms with E-state index in [-0.39, 0.29) is 18.9 Å². The molecule has 5 nitrogen and oxygen atoms in total. The molecule has 1 aromatic carbocycles. The molecule has 1 amide bonds. The highest BCUT2D eigenvalue weighted by molar-refractivity contribution is 7.87. The normalized spacial score (nSPS) is 19.2. The Morgan fingerprint density at radius 2 is 1.67 bits per heavy atom. The van der Waals surface area contributed by atoms with Crippen molar-refractivity contribution in [2.45, 2.75) is 11.7 Å². The minimum Gasteiger partial charge on any atom is -0.322 e. The van der Waals surface area contributed by atoms with Crippen molar-refractivity contribution in [2.24, 2.45) is 0 Å². The van der Waals surface area contributed by atoms with Crippen molar-refractivity contribution < 1.29 is 17.1 Å². The van der Waals surface area contributed by atoms with Crippen molar-refractivity contribution in [3.05, 3.63) is 48.8 Å². The van der Waals surface area contributed by atoms with Gasteiger partial charge in [-0.15, -0.1) is 3.89 Å². The first kappa shape index (κ1) is 13.8. The summed E-state index contributed by atoms with van der Waals surface area (Å²) < 4.78 is 37.0. The summed E-state index contributed by atoms with van der Waals surface area (Å²) in [5.74, 6) is -0.388. The number of para-hydroxylation sites is 2. The maximum Gasteiger partial charge on any atom is 0.307 e. The predicted molar refractivity (Wildman–Crippen MR) is 76.6 cm³/mol. The van der Waals surface area contributed by atoms with Gasteiger partial charge in [0.15, 0.2) is 0 Å². The Morgan fingerprint density at radius 1 is 1.05 bits per heavy atom. The van der Waals surface area contributed by atoms with E-state index in [4.69, 9.17) is 0 Å². The molecule has 110 valence electrons. The Labute approximate surface area is 121 Å². The number of rotatable bonds is 3. The van der Waals surface area contributed by atoms with E-state index in [0.717, 1.165) is 5.69 Å². The van der Waals surface area contributed by atoms with E-state index in [1.54, 1.807) is 12.1 Å². The van der Waals surface area contributed by atoms with E-state index in [1.807, 2.05) is 41.2 Å². The zero-order valence-corrected chi connectivity index (χ0v) is 11.8. The molecule has 2 heterocycles.